The minimum absolute atomic E-state index is 0.184. The van der Waals surface area contributed by atoms with E-state index in [-0.39, 0.29) is 11.3 Å². The van der Waals surface area contributed by atoms with Gasteiger partial charge >= 0.3 is 0 Å². The average molecular weight is 289 g/mol. The Hall–Kier alpha value is -1.55. The molecule has 0 aromatic heterocycles. The van der Waals surface area contributed by atoms with Gasteiger partial charge in [-0.15, -0.1) is 0 Å². The lowest BCUT2D eigenvalue weighted by molar-refractivity contribution is -0.131. The molecule has 1 fully saturated rings. The van der Waals surface area contributed by atoms with Gasteiger partial charge in [-0.25, -0.2) is 0 Å². The van der Waals surface area contributed by atoms with E-state index in [9.17, 15) is 4.79 Å². The summed E-state index contributed by atoms with van der Waals surface area (Å²) in [5.41, 5.74) is 1.03. The quantitative estimate of drug-likeness (QED) is 0.788. The zero-order valence-corrected chi connectivity index (χ0v) is 13.2. The van der Waals surface area contributed by atoms with Crippen LogP contribution in [0.4, 0.5) is 5.69 Å². The largest absolute Gasteiger partial charge is 0.375 e. The highest BCUT2D eigenvalue weighted by Crippen LogP contribution is 2.27. The van der Waals surface area contributed by atoms with Crippen LogP contribution in [0.3, 0.4) is 0 Å². The first-order chi connectivity index (χ1) is 10.1. The van der Waals surface area contributed by atoms with E-state index >= 15 is 0 Å². The molecular weight excluding hydrogens is 262 g/mol. The number of benzene rings is 1. The second-order valence-corrected chi connectivity index (χ2v) is 6.18. The molecule has 1 aromatic rings. The zero-order chi connectivity index (χ0) is 15.1. The Morgan fingerprint density at radius 2 is 1.95 bits per heavy atom. The maximum Gasteiger partial charge on any atom is 0.226 e. The van der Waals surface area contributed by atoms with Gasteiger partial charge in [0, 0.05) is 31.2 Å². The van der Waals surface area contributed by atoms with Crippen molar-refractivity contribution in [2.75, 3.05) is 38.1 Å². The Bertz CT molecular complexity index is 441. The smallest absolute Gasteiger partial charge is 0.226 e. The van der Waals surface area contributed by atoms with Gasteiger partial charge in [-0.3, -0.25) is 4.79 Å². The average Bonchev–Trinajstić information content (AvgIpc) is 2.52. The van der Waals surface area contributed by atoms with Gasteiger partial charge in [0.15, 0.2) is 0 Å². The van der Waals surface area contributed by atoms with Crippen molar-refractivity contribution in [1.82, 2.24) is 10.6 Å². The molecule has 0 bridgehead atoms. The van der Waals surface area contributed by atoms with Crippen molar-refractivity contribution in [3.8, 4) is 0 Å². The highest BCUT2D eigenvalue weighted by molar-refractivity contribution is 5.82. The van der Waals surface area contributed by atoms with Crippen molar-refractivity contribution < 1.29 is 4.79 Å². The number of piperidine rings is 1. The van der Waals surface area contributed by atoms with Crippen LogP contribution in [-0.4, -0.2) is 39.1 Å². The summed E-state index contributed by atoms with van der Waals surface area (Å²) in [5, 5.41) is 6.41. The van der Waals surface area contributed by atoms with E-state index in [2.05, 4.69) is 41.6 Å². The Morgan fingerprint density at radius 1 is 1.29 bits per heavy atom. The van der Waals surface area contributed by atoms with Crippen molar-refractivity contribution in [1.29, 1.82) is 0 Å². The molecule has 1 saturated heterocycles. The molecule has 1 aromatic carbocycles. The summed E-state index contributed by atoms with van der Waals surface area (Å²) in [6.07, 6.45) is 2.83. The van der Waals surface area contributed by atoms with E-state index in [0.717, 1.165) is 45.4 Å². The van der Waals surface area contributed by atoms with Crippen LogP contribution in [-0.2, 0) is 4.79 Å². The molecule has 116 valence electrons. The fourth-order valence-electron chi connectivity index (χ4n) is 2.75. The van der Waals surface area contributed by atoms with Crippen LogP contribution >= 0.6 is 0 Å². The van der Waals surface area contributed by atoms with Gasteiger partial charge < -0.3 is 15.5 Å². The number of nitrogens with one attached hydrogen (secondary N) is 2. The van der Waals surface area contributed by atoms with Crippen molar-refractivity contribution in [2.24, 2.45) is 5.41 Å². The minimum Gasteiger partial charge on any atom is -0.375 e. The first kappa shape index (κ1) is 15.8. The molecule has 1 amide bonds. The normalized spacial score (nSPS) is 17.2. The molecule has 1 aliphatic heterocycles. The molecule has 0 spiro atoms. The van der Waals surface area contributed by atoms with Gasteiger partial charge in [-0.1, -0.05) is 25.1 Å². The number of carbonyl (C=O) groups is 1. The van der Waals surface area contributed by atoms with Gasteiger partial charge in [0.2, 0.25) is 5.91 Å². The molecule has 4 nitrogen and oxygen atoms in total. The summed E-state index contributed by atoms with van der Waals surface area (Å²) in [7, 11) is 2.09. The van der Waals surface area contributed by atoms with E-state index in [1.807, 2.05) is 18.2 Å². The van der Waals surface area contributed by atoms with E-state index in [4.69, 9.17) is 0 Å². The second kappa shape index (κ2) is 7.46. The number of hydrogen-bond donors (Lipinski definition) is 2. The second-order valence-electron chi connectivity index (χ2n) is 6.18. The molecule has 0 atom stereocenters. The van der Waals surface area contributed by atoms with Crippen molar-refractivity contribution >= 4 is 11.6 Å². The van der Waals surface area contributed by atoms with E-state index < -0.39 is 0 Å². The molecule has 2 rings (SSSR count). The van der Waals surface area contributed by atoms with Crippen LogP contribution in [0.2, 0.25) is 0 Å². The Labute approximate surface area is 127 Å². The number of carbonyl (C=O) groups excluding carboxylic acids is 1. The zero-order valence-electron chi connectivity index (χ0n) is 13.2. The number of para-hydroxylation sites is 1. The van der Waals surface area contributed by atoms with Crippen LogP contribution in [0.5, 0.6) is 0 Å². The number of amides is 1. The van der Waals surface area contributed by atoms with E-state index in [0.29, 0.717) is 0 Å². The third kappa shape index (κ3) is 4.46. The molecule has 2 N–H and O–H groups in total. The summed E-state index contributed by atoms with van der Waals surface area (Å²) in [6.45, 7) is 5.67. The van der Waals surface area contributed by atoms with Gasteiger partial charge in [-0.2, -0.15) is 0 Å². The first-order valence-corrected chi connectivity index (χ1v) is 7.87. The Balaban J connectivity index is 1.68. The molecule has 0 unspecified atom stereocenters. The lowest BCUT2D eigenvalue weighted by Gasteiger charge is -2.32. The first-order valence-electron chi connectivity index (χ1n) is 7.87. The third-order valence-corrected chi connectivity index (χ3v) is 4.41. The lowest BCUT2D eigenvalue weighted by atomic mass is 9.80. The molecule has 1 heterocycles. The fraction of sp³-hybridized carbons (Fsp3) is 0.588. The topological polar surface area (TPSA) is 44.4 Å². The molecule has 4 heteroatoms. The standard InChI is InChI=1S/C17H27N3O/c1-17(9-12-18-13-10-17)16(21)19-11-6-14-20(2)15-7-4-3-5-8-15/h3-5,7-8,18H,6,9-14H2,1-2H3,(H,19,21). The van der Waals surface area contributed by atoms with Gasteiger partial charge in [0.25, 0.3) is 0 Å². The molecule has 0 aliphatic carbocycles. The fourth-order valence-corrected chi connectivity index (χ4v) is 2.75. The van der Waals surface area contributed by atoms with Crippen LogP contribution in [0.25, 0.3) is 0 Å². The van der Waals surface area contributed by atoms with E-state index in [1.54, 1.807) is 0 Å². The number of rotatable bonds is 6. The van der Waals surface area contributed by atoms with Crippen LogP contribution < -0.4 is 15.5 Å². The summed E-state index contributed by atoms with van der Waals surface area (Å²) in [5.74, 6) is 0.214. The third-order valence-electron chi connectivity index (χ3n) is 4.41. The highest BCUT2D eigenvalue weighted by atomic mass is 16.2. The number of nitrogens with zero attached hydrogens (tertiary/aromatic N) is 1. The maximum absolute atomic E-state index is 12.3. The van der Waals surface area contributed by atoms with Crippen molar-refractivity contribution in [3.63, 3.8) is 0 Å². The van der Waals surface area contributed by atoms with Gasteiger partial charge in [-0.05, 0) is 44.5 Å². The number of hydrogen-bond acceptors (Lipinski definition) is 3. The molecule has 0 radical (unpaired) electrons. The monoisotopic (exact) mass is 289 g/mol. The highest BCUT2D eigenvalue weighted by Gasteiger charge is 2.33. The lowest BCUT2D eigenvalue weighted by Crippen LogP contribution is -2.46. The van der Waals surface area contributed by atoms with Crippen LogP contribution in [0.1, 0.15) is 26.2 Å². The maximum atomic E-state index is 12.3. The van der Waals surface area contributed by atoms with Crippen LogP contribution in [0.15, 0.2) is 30.3 Å². The minimum atomic E-state index is -0.184. The summed E-state index contributed by atoms with van der Waals surface area (Å²) in [4.78, 5) is 14.5. The van der Waals surface area contributed by atoms with Crippen molar-refractivity contribution in [2.45, 2.75) is 26.2 Å². The summed E-state index contributed by atoms with van der Waals surface area (Å²) >= 11 is 0. The molecule has 0 saturated carbocycles. The molecule has 1 aliphatic rings. The summed E-state index contributed by atoms with van der Waals surface area (Å²) < 4.78 is 0. The SMILES string of the molecule is CN(CCCNC(=O)C1(C)CCNCC1)c1ccccc1. The van der Waals surface area contributed by atoms with Gasteiger partial charge in [0.05, 0.1) is 0 Å². The molecule has 21 heavy (non-hydrogen) atoms. The van der Waals surface area contributed by atoms with Gasteiger partial charge in [0.1, 0.15) is 0 Å². The Kier molecular flexibility index (Phi) is 5.62. The molecular formula is C17H27N3O. The van der Waals surface area contributed by atoms with Crippen LogP contribution in [0, 0.1) is 5.41 Å². The predicted octanol–water partition coefficient (Wildman–Crippen LogP) is 2.02. The number of anilines is 1. The van der Waals surface area contributed by atoms with Crippen molar-refractivity contribution in [3.05, 3.63) is 30.3 Å². The predicted molar refractivity (Wildman–Crippen MR) is 87.5 cm³/mol. The summed E-state index contributed by atoms with van der Waals surface area (Å²) in [6, 6.07) is 10.3. The van der Waals surface area contributed by atoms with E-state index in [1.165, 1.54) is 5.69 Å². The Morgan fingerprint density at radius 3 is 2.62 bits per heavy atom.